The van der Waals surface area contributed by atoms with Crippen molar-refractivity contribution in [3.8, 4) is 0 Å². The highest BCUT2D eigenvalue weighted by Crippen LogP contribution is 2.20. The van der Waals surface area contributed by atoms with Crippen LogP contribution in [0.2, 0.25) is 0 Å². The molecule has 1 aromatic heterocycles. The molecular formula is C18H19N3O2. The van der Waals surface area contributed by atoms with Crippen molar-refractivity contribution in [2.24, 2.45) is 0 Å². The predicted octanol–water partition coefficient (Wildman–Crippen LogP) is 2.40. The molecule has 5 nitrogen and oxygen atoms in total. The maximum absolute atomic E-state index is 12.4. The van der Waals surface area contributed by atoms with Crippen molar-refractivity contribution in [1.82, 2.24) is 14.9 Å². The van der Waals surface area contributed by atoms with E-state index in [0.717, 1.165) is 11.3 Å². The van der Waals surface area contributed by atoms with E-state index >= 15 is 0 Å². The van der Waals surface area contributed by atoms with Gasteiger partial charge >= 0.3 is 0 Å². The van der Waals surface area contributed by atoms with E-state index in [0.29, 0.717) is 25.5 Å². The first-order valence-electron chi connectivity index (χ1n) is 7.65. The summed E-state index contributed by atoms with van der Waals surface area (Å²) in [4.78, 5) is 22.6. The van der Waals surface area contributed by atoms with Crippen molar-refractivity contribution >= 4 is 12.0 Å². The molecule has 0 bridgehead atoms. The number of hydrogen-bond donors (Lipinski definition) is 0. The van der Waals surface area contributed by atoms with E-state index in [1.54, 1.807) is 17.2 Å². The van der Waals surface area contributed by atoms with Crippen molar-refractivity contribution in [1.29, 1.82) is 0 Å². The van der Waals surface area contributed by atoms with Crippen LogP contribution >= 0.6 is 0 Å². The third-order valence-corrected chi connectivity index (χ3v) is 3.72. The van der Waals surface area contributed by atoms with Gasteiger partial charge < -0.3 is 9.64 Å². The minimum Gasteiger partial charge on any atom is -0.368 e. The lowest BCUT2D eigenvalue weighted by atomic mass is 10.2. The topological polar surface area (TPSA) is 55.3 Å². The Bertz CT molecular complexity index is 700. The van der Waals surface area contributed by atoms with Crippen LogP contribution < -0.4 is 0 Å². The number of hydrogen-bond acceptors (Lipinski definition) is 4. The number of carbonyl (C=O) groups is 1. The molecule has 2 aromatic rings. The summed E-state index contributed by atoms with van der Waals surface area (Å²) >= 11 is 0. The van der Waals surface area contributed by atoms with Crippen molar-refractivity contribution in [2.45, 2.75) is 13.0 Å². The quantitative estimate of drug-likeness (QED) is 0.817. The summed E-state index contributed by atoms with van der Waals surface area (Å²) < 4.78 is 5.75. The Balaban J connectivity index is 1.66. The standard InChI is InChI=1S/C18H19N3O2/c1-14-19-10-9-16(20-14)17-13-21(11-12-23-17)18(22)8-7-15-5-3-2-4-6-15/h2-10,17H,11-13H2,1H3/b8-7+. The van der Waals surface area contributed by atoms with Crippen LogP contribution in [0.5, 0.6) is 0 Å². The van der Waals surface area contributed by atoms with E-state index in [4.69, 9.17) is 4.74 Å². The molecule has 118 valence electrons. The van der Waals surface area contributed by atoms with E-state index in [1.165, 1.54) is 0 Å². The van der Waals surface area contributed by atoms with Crippen molar-refractivity contribution in [3.63, 3.8) is 0 Å². The van der Waals surface area contributed by atoms with Crippen LogP contribution in [0, 0.1) is 6.92 Å². The first kappa shape index (κ1) is 15.4. The van der Waals surface area contributed by atoms with Gasteiger partial charge in [0, 0.05) is 18.8 Å². The normalized spacial score (nSPS) is 18.3. The molecule has 0 radical (unpaired) electrons. The number of benzene rings is 1. The summed E-state index contributed by atoms with van der Waals surface area (Å²) in [6.07, 6.45) is 4.97. The maximum atomic E-state index is 12.4. The highest BCUT2D eigenvalue weighted by atomic mass is 16.5. The first-order chi connectivity index (χ1) is 11.2. The summed E-state index contributed by atoms with van der Waals surface area (Å²) in [6.45, 7) is 3.46. The molecule has 1 aromatic carbocycles. The minimum atomic E-state index is -0.195. The fourth-order valence-electron chi connectivity index (χ4n) is 2.52. The highest BCUT2D eigenvalue weighted by molar-refractivity contribution is 5.91. The zero-order chi connectivity index (χ0) is 16.1. The summed E-state index contributed by atoms with van der Waals surface area (Å²) in [5.41, 5.74) is 1.83. The Hall–Kier alpha value is -2.53. The molecule has 3 rings (SSSR count). The van der Waals surface area contributed by atoms with Crippen molar-refractivity contribution < 1.29 is 9.53 Å². The molecule has 5 heteroatoms. The number of nitrogens with zero attached hydrogens (tertiary/aromatic N) is 3. The third-order valence-electron chi connectivity index (χ3n) is 3.72. The van der Waals surface area contributed by atoms with Crippen LogP contribution in [0.1, 0.15) is 23.2 Å². The van der Waals surface area contributed by atoms with Crippen LogP contribution in [-0.2, 0) is 9.53 Å². The Morgan fingerprint density at radius 2 is 2.13 bits per heavy atom. The number of aromatic nitrogens is 2. The van der Waals surface area contributed by atoms with Gasteiger partial charge in [0.25, 0.3) is 0 Å². The molecule has 2 heterocycles. The Morgan fingerprint density at radius 1 is 1.30 bits per heavy atom. The Morgan fingerprint density at radius 3 is 2.91 bits per heavy atom. The van der Waals surface area contributed by atoms with Gasteiger partial charge in [-0.15, -0.1) is 0 Å². The second kappa shape index (κ2) is 7.15. The van der Waals surface area contributed by atoms with Crippen LogP contribution in [0.4, 0.5) is 0 Å². The molecule has 1 unspecified atom stereocenters. The largest absolute Gasteiger partial charge is 0.368 e. The smallest absolute Gasteiger partial charge is 0.246 e. The fraction of sp³-hybridized carbons (Fsp3) is 0.278. The van der Waals surface area contributed by atoms with Crippen LogP contribution in [0.25, 0.3) is 6.08 Å². The molecule has 1 saturated heterocycles. The number of morpholine rings is 1. The lowest BCUT2D eigenvalue weighted by Gasteiger charge is -2.32. The summed E-state index contributed by atoms with van der Waals surface area (Å²) in [7, 11) is 0. The number of carbonyl (C=O) groups excluding carboxylic acids is 1. The second-order valence-corrected chi connectivity index (χ2v) is 5.42. The number of rotatable bonds is 3. The third kappa shape index (κ3) is 4.02. The van der Waals surface area contributed by atoms with Gasteiger partial charge in [-0.25, -0.2) is 9.97 Å². The van der Waals surface area contributed by atoms with E-state index < -0.39 is 0 Å². The summed E-state index contributed by atoms with van der Waals surface area (Å²) in [5.74, 6) is 0.700. The molecule has 1 fully saturated rings. The van der Waals surface area contributed by atoms with Crippen LogP contribution in [0.15, 0.2) is 48.7 Å². The van der Waals surface area contributed by atoms with E-state index in [9.17, 15) is 4.79 Å². The summed E-state index contributed by atoms with van der Waals surface area (Å²) in [5, 5.41) is 0. The van der Waals surface area contributed by atoms with E-state index in [2.05, 4.69) is 9.97 Å². The fourth-order valence-corrected chi connectivity index (χ4v) is 2.52. The van der Waals surface area contributed by atoms with Gasteiger partial charge in [0.1, 0.15) is 11.9 Å². The van der Waals surface area contributed by atoms with E-state index in [-0.39, 0.29) is 12.0 Å². The lowest BCUT2D eigenvalue weighted by molar-refractivity contribution is -0.133. The van der Waals surface area contributed by atoms with Crippen LogP contribution in [-0.4, -0.2) is 40.5 Å². The SMILES string of the molecule is Cc1nccc(C2CN(C(=O)/C=C/c3ccccc3)CCO2)n1. The van der Waals surface area contributed by atoms with Crippen LogP contribution in [0.3, 0.4) is 0 Å². The zero-order valence-corrected chi connectivity index (χ0v) is 13.1. The zero-order valence-electron chi connectivity index (χ0n) is 13.1. The highest BCUT2D eigenvalue weighted by Gasteiger charge is 2.25. The molecule has 0 saturated carbocycles. The average Bonchev–Trinajstić information content (AvgIpc) is 2.61. The number of aryl methyl sites for hydroxylation is 1. The van der Waals surface area contributed by atoms with Gasteiger partial charge in [-0.2, -0.15) is 0 Å². The van der Waals surface area contributed by atoms with E-state index in [1.807, 2.05) is 49.4 Å². The van der Waals surface area contributed by atoms with Gasteiger partial charge in [0.15, 0.2) is 0 Å². The molecule has 0 spiro atoms. The van der Waals surface area contributed by atoms with Gasteiger partial charge in [-0.05, 0) is 24.6 Å². The number of ether oxygens (including phenoxy) is 1. The molecule has 1 atom stereocenters. The number of amides is 1. The molecular weight excluding hydrogens is 290 g/mol. The molecule has 1 aliphatic heterocycles. The monoisotopic (exact) mass is 309 g/mol. The maximum Gasteiger partial charge on any atom is 0.246 e. The molecule has 23 heavy (non-hydrogen) atoms. The molecule has 0 aliphatic carbocycles. The molecule has 1 amide bonds. The van der Waals surface area contributed by atoms with Crippen molar-refractivity contribution in [3.05, 3.63) is 65.8 Å². The average molecular weight is 309 g/mol. The Labute approximate surface area is 135 Å². The van der Waals surface area contributed by atoms with Gasteiger partial charge in [0.05, 0.1) is 18.8 Å². The first-order valence-corrected chi connectivity index (χ1v) is 7.65. The summed E-state index contributed by atoms with van der Waals surface area (Å²) in [6, 6.07) is 11.6. The van der Waals surface area contributed by atoms with Crippen molar-refractivity contribution in [2.75, 3.05) is 19.7 Å². The Kier molecular flexibility index (Phi) is 4.78. The minimum absolute atomic E-state index is 0.00655. The van der Waals surface area contributed by atoms with Gasteiger partial charge in [-0.3, -0.25) is 4.79 Å². The molecule has 1 aliphatic rings. The molecule has 0 N–H and O–H groups in total. The predicted molar refractivity (Wildman–Crippen MR) is 87.5 cm³/mol. The van der Waals surface area contributed by atoms with Gasteiger partial charge in [-0.1, -0.05) is 30.3 Å². The lowest BCUT2D eigenvalue weighted by Crippen LogP contribution is -2.41. The second-order valence-electron chi connectivity index (χ2n) is 5.42. The van der Waals surface area contributed by atoms with Gasteiger partial charge in [0.2, 0.25) is 5.91 Å².